The number of pyridine rings is 1. The molecule has 4 aromatic rings. The van der Waals surface area contributed by atoms with Gasteiger partial charge in [0.15, 0.2) is 0 Å². The molecule has 0 fully saturated rings. The number of aromatic nitrogens is 2. The average molecular weight is 456 g/mol. The summed E-state index contributed by atoms with van der Waals surface area (Å²) in [7, 11) is -7.92. The maximum atomic E-state index is 13.2. The van der Waals surface area contributed by atoms with Gasteiger partial charge in [-0.3, -0.25) is 4.98 Å². The van der Waals surface area contributed by atoms with Gasteiger partial charge in [0.25, 0.3) is 10.0 Å². The molecule has 9 heteroatoms. The molecule has 0 bridgehead atoms. The standard InChI is InChI=1S/C22H21N3O4S2/c1-17-6-5-9-20-22(17)21(16-25(20)31(28,29)19-7-3-2-4-8-19)30(26,27)24-15-12-18-10-13-23-14-11-18/h2-11,13-14,16,24H,12,15H2,1H3. The minimum absolute atomic E-state index is 0.0603. The third kappa shape index (κ3) is 4.12. The highest BCUT2D eigenvalue weighted by Crippen LogP contribution is 2.31. The molecule has 0 radical (unpaired) electrons. The maximum Gasteiger partial charge on any atom is 0.268 e. The highest BCUT2D eigenvalue weighted by atomic mass is 32.2. The van der Waals surface area contributed by atoms with Crippen molar-refractivity contribution >= 4 is 30.9 Å². The largest absolute Gasteiger partial charge is 0.268 e. The van der Waals surface area contributed by atoms with Crippen LogP contribution >= 0.6 is 0 Å². The third-order valence-electron chi connectivity index (χ3n) is 5.01. The maximum absolute atomic E-state index is 13.2. The van der Waals surface area contributed by atoms with E-state index in [2.05, 4.69) is 9.71 Å². The molecule has 0 unspecified atom stereocenters. The summed E-state index contributed by atoms with van der Waals surface area (Å²) in [6, 6.07) is 16.7. The average Bonchev–Trinajstić information content (AvgIpc) is 3.18. The van der Waals surface area contributed by atoms with E-state index in [1.54, 1.807) is 55.7 Å². The second kappa shape index (κ2) is 8.26. The fourth-order valence-electron chi connectivity index (χ4n) is 3.46. The minimum atomic E-state index is -3.97. The van der Waals surface area contributed by atoms with Crippen molar-refractivity contribution in [2.45, 2.75) is 23.1 Å². The monoisotopic (exact) mass is 455 g/mol. The van der Waals surface area contributed by atoms with Crippen LogP contribution in [0.4, 0.5) is 0 Å². The van der Waals surface area contributed by atoms with Crippen molar-refractivity contribution in [1.29, 1.82) is 0 Å². The Balaban J connectivity index is 1.76. The molecule has 0 saturated heterocycles. The second-order valence-electron chi connectivity index (χ2n) is 7.08. The Morgan fingerprint density at radius 1 is 0.903 bits per heavy atom. The molecule has 0 aliphatic carbocycles. The first-order chi connectivity index (χ1) is 14.8. The molecular weight excluding hydrogens is 434 g/mol. The van der Waals surface area contributed by atoms with Crippen LogP contribution in [-0.4, -0.2) is 32.3 Å². The van der Waals surface area contributed by atoms with Gasteiger partial charge >= 0.3 is 0 Å². The summed E-state index contributed by atoms with van der Waals surface area (Å²) in [6.07, 6.45) is 4.97. The zero-order valence-electron chi connectivity index (χ0n) is 16.8. The van der Waals surface area contributed by atoms with E-state index in [0.717, 1.165) is 9.54 Å². The number of nitrogens with one attached hydrogen (secondary N) is 1. The highest BCUT2D eigenvalue weighted by Gasteiger charge is 2.27. The van der Waals surface area contributed by atoms with Gasteiger partial charge in [-0.1, -0.05) is 30.3 Å². The van der Waals surface area contributed by atoms with E-state index in [0.29, 0.717) is 22.9 Å². The Hall–Kier alpha value is -3.01. The molecule has 7 nitrogen and oxygen atoms in total. The summed E-state index contributed by atoms with van der Waals surface area (Å²) in [5.74, 6) is 0. The van der Waals surface area contributed by atoms with Crippen LogP contribution in [0.1, 0.15) is 11.1 Å². The quantitative estimate of drug-likeness (QED) is 0.462. The molecule has 0 amide bonds. The summed E-state index contributed by atoms with van der Waals surface area (Å²) in [5, 5.41) is 0.387. The summed E-state index contributed by atoms with van der Waals surface area (Å²) >= 11 is 0. The van der Waals surface area contributed by atoms with E-state index in [1.165, 1.54) is 18.3 Å². The van der Waals surface area contributed by atoms with Crippen molar-refractivity contribution in [3.8, 4) is 0 Å². The summed E-state index contributed by atoms with van der Waals surface area (Å²) < 4.78 is 56.4. The fourth-order valence-corrected chi connectivity index (χ4v) is 6.22. The predicted octanol–water partition coefficient (Wildman–Crippen LogP) is 3.10. The van der Waals surface area contributed by atoms with Gasteiger partial charge in [0, 0.05) is 30.5 Å². The highest BCUT2D eigenvalue weighted by molar-refractivity contribution is 7.91. The number of rotatable bonds is 7. The van der Waals surface area contributed by atoms with E-state index in [1.807, 2.05) is 12.1 Å². The van der Waals surface area contributed by atoms with Crippen molar-refractivity contribution in [2.75, 3.05) is 6.54 Å². The Morgan fingerprint density at radius 2 is 1.61 bits per heavy atom. The van der Waals surface area contributed by atoms with E-state index >= 15 is 0 Å². The molecule has 2 heterocycles. The number of sulfonamides is 1. The van der Waals surface area contributed by atoms with Gasteiger partial charge in [-0.05, 0) is 54.8 Å². The Labute approximate surface area is 181 Å². The first-order valence-electron chi connectivity index (χ1n) is 9.60. The first-order valence-corrected chi connectivity index (χ1v) is 12.5. The van der Waals surface area contributed by atoms with Gasteiger partial charge in [-0.15, -0.1) is 0 Å². The zero-order valence-corrected chi connectivity index (χ0v) is 18.4. The Kier molecular flexibility index (Phi) is 5.65. The Bertz CT molecular complexity index is 1430. The van der Waals surface area contributed by atoms with Crippen LogP contribution in [-0.2, 0) is 26.5 Å². The number of benzene rings is 2. The lowest BCUT2D eigenvalue weighted by Gasteiger charge is -2.07. The van der Waals surface area contributed by atoms with Crippen LogP contribution in [0.2, 0.25) is 0 Å². The van der Waals surface area contributed by atoms with Crippen LogP contribution in [0, 0.1) is 6.92 Å². The van der Waals surface area contributed by atoms with Crippen LogP contribution in [0.5, 0.6) is 0 Å². The molecular formula is C22H21N3O4S2. The van der Waals surface area contributed by atoms with Gasteiger partial charge in [0.2, 0.25) is 10.0 Å². The first kappa shape index (κ1) is 21.2. The van der Waals surface area contributed by atoms with Crippen LogP contribution in [0.15, 0.2) is 89.0 Å². The molecule has 0 spiro atoms. The van der Waals surface area contributed by atoms with Crippen LogP contribution < -0.4 is 4.72 Å². The zero-order chi connectivity index (χ0) is 22.1. The molecule has 160 valence electrons. The molecule has 2 aromatic heterocycles. The molecule has 31 heavy (non-hydrogen) atoms. The summed E-state index contributed by atoms with van der Waals surface area (Å²) in [5.41, 5.74) is 1.94. The lowest BCUT2D eigenvalue weighted by Crippen LogP contribution is -2.26. The van der Waals surface area contributed by atoms with E-state index in [-0.39, 0.29) is 16.3 Å². The third-order valence-corrected chi connectivity index (χ3v) is 8.17. The minimum Gasteiger partial charge on any atom is -0.265 e. The van der Waals surface area contributed by atoms with Crippen molar-refractivity contribution < 1.29 is 16.8 Å². The number of hydrogen-bond acceptors (Lipinski definition) is 5. The van der Waals surface area contributed by atoms with Crippen LogP contribution in [0.25, 0.3) is 10.9 Å². The number of fused-ring (bicyclic) bond motifs is 1. The van der Waals surface area contributed by atoms with Gasteiger partial charge in [0.05, 0.1) is 10.4 Å². The fraction of sp³-hybridized carbons (Fsp3) is 0.136. The molecule has 0 aliphatic rings. The SMILES string of the molecule is Cc1cccc2c1c(S(=O)(=O)NCCc1ccncc1)cn2S(=O)(=O)c1ccccc1. The van der Waals surface area contributed by atoms with E-state index in [4.69, 9.17) is 0 Å². The molecule has 0 saturated carbocycles. The van der Waals surface area contributed by atoms with Crippen molar-refractivity contribution in [3.63, 3.8) is 0 Å². The van der Waals surface area contributed by atoms with Gasteiger partial charge in [-0.25, -0.2) is 25.5 Å². The molecule has 1 N–H and O–H groups in total. The Morgan fingerprint density at radius 3 is 2.32 bits per heavy atom. The smallest absolute Gasteiger partial charge is 0.265 e. The van der Waals surface area contributed by atoms with E-state index < -0.39 is 20.0 Å². The van der Waals surface area contributed by atoms with Crippen molar-refractivity contribution in [2.24, 2.45) is 0 Å². The lowest BCUT2D eigenvalue weighted by atomic mass is 10.1. The lowest BCUT2D eigenvalue weighted by molar-refractivity contribution is 0.582. The topological polar surface area (TPSA) is 98.1 Å². The molecule has 4 rings (SSSR count). The summed E-state index contributed by atoms with van der Waals surface area (Å²) in [4.78, 5) is 3.97. The van der Waals surface area contributed by atoms with Crippen molar-refractivity contribution in [3.05, 3.63) is 90.4 Å². The van der Waals surface area contributed by atoms with E-state index in [9.17, 15) is 16.8 Å². The van der Waals surface area contributed by atoms with Gasteiger partial charge < -0.3 is 0 Å². The van der Waals surface area contributed by atoms with Crippen molar-refractivity contribution in [1.82, 2.24) is 13.7 Å². The summed E-state index contributed by atoms with van der Waals surface area (Å²) in [6.45, 7) is 1.94. The normalized spacial score (nSPS) is 12.3. The number of hydrogen-bond donors (Lipinski definition) is 1. The second-order valence-corrected chi connectivity index (χ2v) is 10.6. The predicted molar refractivity (Wildman–Crippen MR) is 119 cm³/mol. The number of aryl methyl sites for hydroxylation is 1. The van der Waals surface area contributed by atoms with Gasteiger partial charge in [0.1, 0.15) is 4.90 Å². The van der Waals surface area contributed by atoms with Crippen LogP contribution in [0.3, 0.4) is 0 Å². The molecule has 0 aliphatic heterocycles. The number of nitrogens with zero attached hydrogens (tertiary/aromatic N) is 2. The molecule has 0 atom stereocenters. The molecule has 2 aromatic carbocycles. The van der Waals surface area contributed by atoms with Gasteiger partial charge in [-0.2, -0.15) is 0 Å².